The van der Waals surface area contributed by atoms with Crippen LogP contribution in [0.3, 0.4) is 0 Å². The van der Waals surface area contributed by atoms with Crippen LogP contribution in [0.25, 0.3) is 0 Å². The summed E-state index contributed by atoms with van der Waals surface area (Å²) in [5, 5.41) is 13.1. The van der Waals surface area contributed by atoms with Crippen LogP contribution in [0.4, 0.5) is 15.8 Å². The summed E-state index contributed by atoms with van der Waals surface area (Å²) in [5.74, 6) is -0.106. The van der Waals surface area contributed by atoms with Gasteiger partial charge in [-0.3, -0.25) is 20.2 Å². The van der Waals surface area contributed by atoms with Gasteiger partial charge in [-0.1, -0.05) is 0 Å². The Bertz CT molecular complexity index is 686. The summed E-state index contributed by atoms with van der Waals surface area (Å²) in [5.41, 5.74) is 6.32. The van der Waals surface area contributed by atoms with Gasteiger partial charge in [0, 0.05) is 5.69 Å². The number of ether oxygens (including phenoxy) is 1. The minimum absolute atomic E-state index is 0.136. The summed E-state index contributed by atoms with van der Waals surface area (Å²) in [7, 11) is 0. The highest BCUT2D eigenvalue weighted by Gasteiger charge is 2.17. The van der Waals surface area contributed by atoms with Gasteiger partial charge in [-0.15, -0.1) is 0 Å². The second kappa shape index (κ2) is 6.18. The van der Waals surface area contributed by atoms with Crippen LogP contribution in [0.1, 0.15) is 17.3 Å². The molecular formula is C12H12N4O4S. The molecule has 1 aromatic carbocycles. The monoisotopic (exact) mass is 308 g/mol. The second-order valence-corrected chi connectivity index (χ2v) is 4.91. The largest absolute Gasteiger partial charge is 0.493 e. The van der Waals surface area contributed by atoms with Gasteiger partial charge in [-0.05, 0) is 36.5 Å². The van der Waals surface area contributed by atoms with E-state index in [0.29, 0.717) is 18.0 Å². The third-order valence-corrected chi connectivity index (χ3v) is 3.31. The molecule has 0 saturated carbocycles. The third-order valence-electron chi connectivity index (χ3n) is 2.44. The van der Waals surface area contributed by atoms with Crippen LogP contribution in [0.2, 0.25) is 0 Å². The molecule has 1 aromatic heterocycles. The number of aromatic nitrogens is 1. The maximum Gasteiger partial charge on any atom is 0.345 e. The summed E-state index contributed by atoms with van der Waals surface area (Å²) >= 11 is 0.773. The van der Waals surface area contributed by atoms with Crippen LogP contribution < -0.4 is 15.8 Å². The highest BCUT2D eigenvalue weighted by atomic mass is 32.1. The van der Waals surface area contributed by atoms with Crippen molar-refractivity contribution >= 4 is 33.1 Å². The van der Waals surface area contributed by atoms with Crippen molar-refractivity contribution in [3.8, 4) is 5.75 Å². The van der Waals surface area contributed by atoms with Crippen molar-refractivity contribution in [2.24, 2.45) is 0 Å². The first kappa shape index (κ1) is 14.7. The lowest BCUT2D eigenvalue weighted by atomic mass is 10.1. The van der Waals surface area contributed by atoms with Gasteiger partial charge in [0.2, 0.25) is 0 Å². The van der Waals surface area contributed by atoms with Crippen LogP contribution in [-0.2, 0) is 0 Å². The quantitative estimate of drug-likeness (QED) is 0.496. The Morgan fingerprint density at radius 1 is 1.57 bits per heavy atom. The molecule has 0 atom stereocenters. The Kier molecular flexibility index (Phi) is 4.33. The molecule has 3 N–H and O–H groups in total. The third kappa shape index (κ3) is 3.45. The van der Waals surface area contributed by atoms with Gasteiger partial charge in [0.15, 0.2) is 5.13 Å². The van der Waals surface area contributed by atoms with E-state index in [-0.39, 0.29) is 15.7 Å². The first-order valence-electron chi connectivity index (χ1n) is 5.95. The fourth-order valence-corrected chi connectivity index (χ4v) is 2.21. The lowest BCUT2D eigenvalue weighted by Crippen LogP contribution is -2.14. The van der Waals surface area contributed by atoms with E-state index in [4.69, 9.17) is 10.5 Å². The van der Waals surface area contributed by atoms with Crippen molar-refractivity contribution in [1.82, 2.24) is 4.98 Å². The molecule has 110 valence electrons. The van der Waals surface area contributed by atoms with Crippen molar-refractivity contribution in [3.63, 3.8) is 0 Å². The molecule has 0 saturated heterocycles. The van der Waals surface area contributed by atoms with Gasteiger partial charge >= 0.3 is 5.00 Å². The molecule has 0 unspecified atom stereocenters. The molecule has 0 bridgehead atoms. The van der Waals surface area contributed by atoms with E-state index in [9.17, 15) is 14.9 Å². The van der Waals surface area contributed by atoms with E-state index in [2.05, 4.69) is 10.3 Å². The first-order chi connectivity index (χ1) is 10.0. The number of nitrogens with zero attached hydrogens (tertiary/aromatic N) is 2. The Morgan fingerprint density at radius 2 is 2.33 bits per heavy atom. The highest BCUT2D eigenvalue weighted by Crippen LogP contribution is 2.27. The number of hydrogen-bond donors (Lipinski definition) is 2. The minimum Gasteiger partial charge on any atom is -0.493 e. The summed E-state index contributed by atoms with van der Waals surface area (Å²) in [6.45, 7) is 2.19. The van der Waals surface area contributed by atoms with E-state index in [1.807, 2.05) is 0 Å². The van der Waals surface area contributed by atoms with Gasteiger partial charge in [0.25, 0.3) is 5.91 Å². The van der Waals surface area contributed by atoms with Gasteiger partial charge < -0.3 is 10.5 Å². The van der Waals surface area contributed by atoms with E-state index >= 15 is 0 Å². The molecule has 2 rings (SSSR count). The van der Waals surface area contributed by atoms with Crippen LogP contribution in [-0.4, -0.2) is 22.4 Å². The van der Waals surface area contributed by atoms with Gasteiger partial charge in [-0.2, -0.15) is 0 Å². The van der Waals surface area contributed by atoms with Crippen molar-refractivity contribution < 1.29 is 14.5 Å². The molecule has 0 radical (unpaired) electrons. The summed E-state index contributed by atoms with van der Waals surface area (Å²) in [6, 6.07) is 4.69. The number of nitrogen functional groups attached to an aromatic ring is 1. The fourth-order valence-electron chi connectivity index (χ4n) is 1.58. The van der Waals surface area contributed by atoms with Crippen LogP contribution in [0, 0.1) is 10.1 Å². The number of thiazole rings is 1. The number of nitrogens with one attached hydrogen (secondary N) is 1. The molecule has 0 spiro atoms. The topological polar surface area (TPSA) is 120 Å². The zero-order valence-electron chi connectivity index (χ0n) is 11.0. The lowest BCUT2D eigenvalue weighted by molar-refractivity contribution is -0.380. The van der Waals surface area contributed by atoms with Crippen LogP contribution >= 0.6 is 11.3 Å². The van der Waals surface area contributed by atoms with Crippen LogP contribution in [0.5, 0.6) is 5.75 Å². The van der Waals surface area contributed by atoms with Crippen molar-refractivity contribution in [3.05, 3.63) is 40.1 Å². The Balaban J connectivity index is 2.22. The van der Waals surface area contributed by atoms with Crippen molar-refractivity contribution in [2.45, 2.75) is 6.92 Å². The number of carbonyl (C=O) groups excluding carboxylic acids is 1. The number of carbonyl (C=O) groups is 1. The number of anilines is 2. The highest BCUT2D eigenvalue weighted by molar-refractivity contribution is 7.18. The minimum atomic E-state index is -0.570. The summed E-state index contributed by atoms with van der Waals surface area (Å²) < 4.78 is 5.35. The number of nitro groups is 1. The standard InChI is InChI=1S/C12H12N4O4S/c1-2-20-9-4-3-7(13)5-8(9)11(17)15-12-14-6-10(21-12)16(18)19/h3-6H,2,13H2,1H3,(H,14,15,17). The zero-order chi connectivity index (χ0) is 15.4. The molecule has 0 aliphatic heterocycles. The number of nitrogens with two attached hydrogens (primary N) is 1. The smallest absolute Gasteiger partial charge is 0.345 e. The SMILES string of the molecule is CCOc1ccc(N)cc1C(=O)Nc1ncc([N+](=O)[O-])s1. The summed E-state index contributed by atoms with van der Waals surface area (Å²) in [4.78, 5) is 26.0. The number of hydrogen-bond acceptors (Lipinski definition) is 7. The predicted octanol–water partition coefficient (Wildman–Crippen LogP) is 2.28. The Morgan fingerprint density at radius 3 is 2.95 bits per heavy atom. The predicted molar refractivity (Wildman–Crippen MR) is 78.7 cm³/mol. The van der Waals surface area contributed by atoms with Crippen molar-refractivity contribution in [2.75, 3.05) is 17.7 Å². The molecule has 1 heterocycles. The Hall–Kier alpha value is -2.68. The van der Waals surface area contributed by atoms with Crippen molar-refractivity contribution in [1.29, 1.82) is 0 Å². The maximum atomic E-state index is 12.2. The zero-order valence-corrected chi connectivity index (χ0v) is 11.8. The fraction of sp³-hybridized carbons (Fsp3) is 0.167. The number of benzene rings is 1. The molecule has 0 aliphatic rings. The van der Waals surface area contributed by atoms with Crippen LogP contribution in [0.15, 0.2) is 24.4 Å². The molecule has 1 amide bonds. The van der Waals surface area contributed by atoms with E-state index in [0.717, 1.165) is 17.5 Å². The first-order valence-corrected chi connectivity index (χ1v) is 6.76. The van der Waals surface area contributed by atoms with E-state index in [1.54, 1.807) is 19.1 Å². The van der Waals surface area contributed by atoms with Gasteiger partial charge in [0.05, 0.1) is 17.1 Å². The lowest BCUT2D eigenvalue weighted by Gasteiger charge is -2.10. The molecule has 0 fully saturated rings. The molecular weight excluding hydrogens is 296 g/mol. The van der Waals surface area contributed by atoms with Gasteiger partial charge in [0.1, 0.15) is 11.9 Å². The normalized spacial score (nSPS) is 10.1. The molecule has 0 aliphatic carbocycles. The molecule has 8 nitrogen and oxygen atoms in total. The maximum absolute atomic E-state index is 12.2. The Labute approximate surface area is 123 Å². The molecule has 9 heteroatoms. The van der Waals surface area contributed by atoms with E-state index in [1.165, 1.54) is 6.07 Å². The van der Waals surface area contributed by atoms with Gasteiger partial charge in [-0.25, -0.2) is 4.98 Å². The average Bonchev–Trinajstić information content (AvgIpc) is 2.89. The molecule has 21 heavy (non-hydrogen) atoms. The summed E-state index contributed by atoms with van der Waals surface area (Å²) in [6.07, 6.45) is 1.09. The average molecular weight is 308 g/mol. The molecule has 2 aromatic rings. The second-order valence-electron chi connectivity index (χ2n) is 3.90. The number of amides is 1. The number of rotatable bonds is 5. The van der Waals surface area contributed by atoms with E-state index < -0.39 is 10.8 Å².